The minimum absolute atomic E-state index is 0.142. The molecule has 0 spiro atoms. The Balaban J connectivity index is 2.67. The number of nitrogens with one attached hydrogen (secondary N) is 1. The molecule has 0 aliphatic carbocycles. The van der Waals surface area contributed by atoms with Gasteiger partial charge in [-0.3, -0.25) is 0 Å². The SMILES string of the molecule is CCNC(Cc1cccc(F)c1)C(C)CC. The fourth-order valence-corrected chi connectivity index (χ4v) is 1.94. The second-order valence-electron chi connectivity index (χ2n) is 4.38. The molecular weight excluding hydrogens is 201 g/mol. The molecule has 1 aromatic rings. The topological polar surface area (TPSA) is 12.0 Å². The third-order valence-electron chi connectivity index (χ3n) is 3.14. The van der Waals surface area contributed by atoms with E-state index in [1.54, 1.807) is 12.1 Å². The van der Waals surface area contributed by atoms with Crippen LogP contribution in [0.2, 0.25) is 0 Å². The Kier molecular flexibility index (Phi) is 5.47. The third-order valence-corrected chi connectivity index (χ3v) is 3.14. The van der Waals surface area contributed by atoms with Crippen molar-refractivity contribution in [3.05, 3.63) is 35.6 Å². The van der Waals surface area contributed by atoms with Gasteiger partial charge in [-0.05, 0) is 36.6 Å². The Bertz CT molecular complexity index is 311. The molecule has 1 N–H and O–H groups in total. The van der Waals surface area contributed by atoms with Crippen molar-refractivity contribution in [1.82, 2.24) is 5.32 Å². The van der Waals surface area contributed by atoms with E-state index in [0.29, 0.717) is 12.0 Å². The maximum absolute atomic E-state index is 13.1. The zero-order chi connectivity index (χ0) is 12.0. The van der Waals surface area contributed by atoms with Crippen LogP contribution in [-0.4, -0.2) is 12.6 Å². The predicted molar refractivity (Wildman–Crippen MR) is 67.0 cm³/mol. The van der Waals surface area contributed by atoms with Gasteiger partial charge >= 0.3 is 0 Å². The molecular formula is C14H22FN. The van der Waals surface area contributed by atoms with Crippen LogP contribution < -0.4 is 5.32 Å². The van der Waals surface area contributed by atoms with Crippen LogP contribution in [0.1, 0.15) is 32.8 Å². The lowest BCUT2D eigenvalue weighted by atomic mass is 9.93. The summed E-state index contributed by atoms with van der Waals surface area (Å²) in [5.41, 5.74) is 1.08. The van der Waals surface area contributed by atoms with Gasteiger partial charge in [0, 0.05) is 6.04 Å². The van der Waals surface area contributed by atoms with Crippen LogP contribution in [0.4, 0.5) is 4.39 Å². The first-order valence-corrected chi connectivity index (χ1v) is 6.15. The van der Waals surface area contributed by atoms with Crippen LogP contribution in [0.25, 0.3) is 0 Å². The fraction of sp³-hybridized carbons (Fsp3) is 0.571. The molecule has 0 aromatic heterocycles. The van der Waals surface area contributed by atoms with Crippen molar-refractivity contribution in [3.8, 4) is 0 Å². The molecule has 0 radical (unpaired) electrons. The molecule has 0 aliphatic rings. The molecule has 2 heteroatoms. The highest BCUT2D eigenvalue weighted by Gasteiger charge is 2.15. The van der Waals surface area contributed by atoms with E-state index in [1.165, 1.54) is 6.07 Å². The Labute approximate surface area is 98.1 Å². The summed E-state index contributed by atoms with van der Waals surface area (Å²) in [6, 6.07) is 7.35. The molecule has 2 atom stereocenters. The number of hydrogen-bond acceptors (Lipinski definition) is 1. The van der Waals surface area contributed by atoms with Crippen LogP contribution in [0.5, 0.6) is 0 Å². The van der Waals surface area contributed by atoms with Crippen molar-refractivity contribution >= 4 is 0 Å². The molecule has 0 heterocycles. The first-order valence-electron chi connectivity index (χ1n) is 6.15. The molecule has 0 saturated heterocycles. The van der Waals surface area contributed by atoms with E-state index in [4.69, 9.17) is 0 Å². The van der Waals surface area contributed by atoms with E-state index in [-0.39, 0.29) is 5.82 Å². The molecule has 2 unspecified atom stereocenters. The molecule has 0 fully saturated rings. The van der Waals surface area contributed by atoms with Crippen LogP contribution >= 0.6 is 0 Å². The third kappa shape index (κ3) is 3.93. The Morgan fingerprint density at radius 2 is 2.06 bits per heavy atom. The van der Waals surface area contributed by atoms with Crippen molar-refractivity contribution in [2.75, 3.05) is 6.54 Å². The molecule has 16 heavy (non-hydrogen) atoms. The standard InChI is InChI=1S/C14H22FN/c1-4-11(3)14(16-5-2)10-12-7-6-8-13(15)9-12/h6-9,11,14,16H,4-5,10H2,1-3H3. The van der Waals surface area contributed by atoms with Crippen molar-refractivity contribution in [2.45, 2.75) is 39.7 Å². The zero-order valence-corrected chi connectivity index (χ0v) is 10.5. The summed E-state index contributed by atoms with van der Waals surface area (Å²) in [6.07, 6.45) is 2.05. The zero-order valence-electron chi connectivity index (χ0n) is 10.5. The summed E-state index contributed by atoms with van der Waals surface area (Å²) in [6.45, 7) is 7.51. The summed E-state index contributed by atoms with van der Waals surface area (Å²) in [5.74, 6) is 0.472. The Hall–Kier alpha value is -0.890. The second kappa shape index (κ2) is 6.64. The summed E-state index contributed by atoms with van der Waals surface area (Å²) in [4.78, 5) is 0. The first kappa shape index (κ1) is 13.2. The summed E-state index contributed by atoms with van der Waals surface area (Å²) in [7, 11) is 0. The van der Waals surface area contributed by atoms with Crippen molar-refractivity contribution < 1.29 is 4.39 Å². The van der Waals surface area contributed by atoms with Gasteiger partial charge in [-0.15, -0.1) is 0 Å². The van der Waals surface area contributed by atoms with Gasteiger partial charge in [-0.2, -0.15) is 0 Å². The summed E-state index contributed by atoms with van der Waals surface area (Å²) in [5, 5.41) is 3.48. The van der Waals surface area contributed by atoms with E-state index in [1.807, 2.05) is 6.07 Å². The lowest BCUT2D eigenvalue weighted by molar-refractivity contribution is 0.370. The van der Waals surface area contributed by atoms with Gasteiger partial charge in [-0.25, -0.2) is 4.39 Å². The van der Waals surface area contributed by atoms with E-state index >= 15 is 0 Å². The van der Waals surface area contributed by atoms with Crippen LogP contribution in [-0.2, 0) is 6.42 Å². The minimum atomic E-state index is -0.142. The van der Waals surface area contributed by atoms with Crippen LogP contribution in [0.3, 0.4) is 0 Å². The molecule has 1 nitrogen and oxygen atoms in total. The van der Waals surface area contributed by atoms with Gasteiger partial charge in [0.1, 0.15) is 5.82 Å². The van der Waals surface area contributed by atoms with Gasteiger partial charge in [0.15, 0.2) is 0 Å². The highest BCUT2D eigenvalue weighted by atomic mass is 19.1. The molecule has 0 aliphatic heterocycles. The van der Waals surface area contributed by atoms with Gasteiger partial charge in [-0.1, -0.05) is 39.3 Å². The van der Waals surface area contributed by atoms with E-state index in [2.05, 4.69) is 26.1 Å². The Morgan fingerprint density at radius 3 is 2.62 bits per heavy atom. The lowest BCUT2D eigenvalue weighted by Gasteiger charge is -2.24. The second-order valence-corrected chi connectivity index (χ2v) is 4.38. The average molecular weight is 223 g/mol. The smallest absolute Gasteiger partial charge is 0.123 e. The normalized spacial score (nSPS) is 14.8. The largest absolute Gasteiger partial charge is 0.314 e. The van der Waals surface area contributed by atoms with Gasteiger partial charge in [0.2, 0.25) is 0 Å². The summed E-state index contributed by atoms with van der Waals surface area (Å²) >= 11 is 0. The minimum Gasteiger partial charge on any atom is -0.314 e. The molecule has 1 rings (SSSR count). The molecule has 0 bridgehead atoms. The van der Waals surface area contributed by atoms with Crippen LogP contribution in [0, 0.1) is 11.7 Å². The van der Waals surface area contributed by atoms with E-state index in [0.717, 1.165) is 24.9 Å². The summed E-state index contributed by atoms with van der Waals surface area (Å²) < 4.78 is 13.1. The fourth-order valence-electron chi connectivity index (χ4n) is 1.94. The monoisotopic (exact) mass is 223 g/mol. The molecule has 90 valence electrons. The number of rotatable bonds is 6. The van der Waals surface area contributed by atoms with Gasteiger partial charge < -0.3 is 5.32 Å². The highest BCUT2D eigenvalue weighted by molar-refractivity contribution is 5.17. The lowest BCUT2D eigenvalue weighted by Crippen LogP contribution is -2.36. The highest BCUT2D eigenvalue weighted by Crippen LogP contribution is 2.14. The maximum Gasteiger partial charge on any atom is 0.123 e. The Morgan fingerprint density at radius 1 is 1.31 bits per heavy atom. The number of halogens is 1. The van der Waals surface area contributed by atoms with E-state index in [9.17, 15) is 4.39 Å². The quantitative estimate of drug-likeness (QED) is 0.779. The first-order chi connectivity index (χ1) is 7.67. The average Bonchev–Trinajstić information content (AvgIpc) is 2.27. The number of likely N-dealkylation sites (N-methyl/N-ethyl adjacent to an activating group) is 1. The van der Waals surface area contributed by atoms with E-state index < -0.39 is 0 Å². The predicted octanol–water partition coefficient (Wildman–Crippen LogP) is 3.39. The van der Waals surface area contributed by atoms with Crippen molar-refractivity contribution in [1.29, 1.82) is 0 Å². The molecule has 0 saturated carbocycles. The van der Waals surface area contributed by atoms with Gasteiger partial charge in [0.25, 0.3) is 0 Å². The molecule has 1 aromatic carbocycles. The number of benzene rings is 1. The van der Waals surface area contributed by atoms with Crippen LogP contribution in [0.15, 0.2) is 24.3 Å². The number of hydrogen-bond donors (Lipinski definition) is 1. The van der Waals surface area contributed by atoms with Crippen molar-refractivity contribution in [2.24, 2.45) is 5.92 Å². The van der Waals surface area contributed by atoms with Crippen molar-refractivity contribution in [3.63, 3.8) is 0 Å². The molecule has 0 amide bonds. The maximum atomic E-state index is 13.1. The van der Waals surface area contributed by atoms with Gasteiger partial charge in [0.05, 0.1) is 0 Å².